The first-order valence-corrected chi connectivity index (χ1v) is 13.0. The number of nitrogens with one attached hydrogen (secondary N) is 6. The Morgan fingerprint density at radius 2 is 1.51 bits per heavy atom. The summed E-state index contributed by atoms with van der Waals surface area (Å²) in [4.78, 5) is 83.6. The molecule has 4 amide bonds. The van der Waals surface area contributed by atoms with E-state index in [2.05, 4.69) is 30.9 Å². The van der Waals surface area contributed by atoms with Gasteiger partial charge in [-0.05, 0) is 11.6 Å². The first-order chi connectivity index (χ1) is 20.5. The quantitative estimate of drug-likeness (QED) is 0.0797. The van der Waals surface area contributed by atoms with Gasteiger partial charge in [-0.1, -0.05) is 18.2 Å². The topological polar surface area (TPSA) is 282 Å². The normalized spacial score (nSPS) is 13.7. The number of nitrogens with zero attached hydrogens (tertiary/aromatic N) is 1. The fraction of sp³-hybridized carbons (Fsp3) is 0.346. The van der Waals surface area contributed by atoms with Crippen LogP contribution in [0.2, 0.25) is 0 Å². The number of hydrogen-bond donors (Lipinski definition) is 10. The zero-order valence-corrected chi connectivity index (χ0v) is 22.7. The summed E-state index contributed by atoms with van der Waals surface area (Å²) in [6.07, 6.45) is 3.47. The lowest BCUT2D eigenvalue weighted by atomic mass is 10.0. The fourth-order valence-corrected chi connectivity index (χ4v) is 4.14. The molecule has 0 radical (unpaired) electrons. The summed E-state index contributed by atoms with van der Waals surface area (Å²) in [5.74, 6) is -6.56. The number of H-pyrrole nitrogens is 2. The van der Waals surface area contributed by atoms with Crippen LogP contribution in [0.15, 0.2) is 43.0 Å². The third kappa shape index (κ3) is 9.37. The number of rotatable bonds is 16. The molecule has 0 spiro atoms. The number of hydrogen-bond acceptors (Lipinski definition) is 9. The van der Waals surface area contributed by atoms with Crippen LogP contribution in [0.1, 0.15) is 17.7 Å². The van der Waals surface area contributed by atoms with Crippen LogP contribution in [-0.4, -0.2) is 103 Å². The molecule has 4 atom stereocenters. The molecule has 0 aliphatic heterocycles. The van der Waals surface area contributed by atoms with Crippen molar-refractivity contribution in [3.05, 3.63) is 54.2 Å². The van der Waals surface area contributed by atoms with Crippen LogP contribution in [0.25, 0.3) is 10.9 Å². The Morgan fingerprint density at radius 3 is 2.16 bits per heavy atom. The summed E-state index contributed by atoms with van der Waals surface area (Å²) in [6.45, 7) is -1.66. The zero-order valence-electron chi connectivity index (χ0n) is 22.7. The standard InChI is InChI=1S/C26H32N8O9/c27-16(6-14-9-28-12-31-14)23(40)32-19(7-21(36)37)26(43)33-18(5-13-8-29-17-4-2-1-3-15(13)17)25(42)34-20(11-35)24(41)30-10-22(38)39/h1-4,8-9,12,16,18-20,29,35H,5-7,10-11,27H2,(H,28,31)(H,30,41)(H,32,40)(H,33,43)(H,34,42)(H,36,37)(H,38,39)/t16-,18-,19-,20-/m0/s1. The number of amides is 4. The number of para-hydroxylation sites is 1. The van der Waals surface area contributed by atoms with E-state index in [1.54, 1.807) is 30.5 Å². The maximum Gasteiger partial charge on any atom is 0.322 e. The van der Waals surface area contributed by atoms with Crippen molar-refractivity contribution in [3.8, 4) is 0 Å². The Morgan fingerprint density at radius 1 is 0.837 bits per heavy atom. The van der Waals surface area contributed by atoms with Gasteiger partial charge in [0.1, 0.15) is 24.7 Å². The molecule has 0 saturated carbocycles. The number of benzene rings is 1. The minimum atomic E-state index is -1.64. The Balaban J connectivity index is 1.81. The SMILES string of the molecule is N[C@@H](Cc1cnc[nH]1)C(=O)N[C@@H](CC(=O)O)C(=O)N[C@@H](Cc1c[nH]c2ccccc12)C(=O)N[C@@H](CO)C(=O)NCC(=O)O. The molecular formula is C26H32N8O9. The smallest absolute Gasteiger partial charge is 0.322 e. The number of nitrogens with two attached hydrogens (primary N) is 1. The second kappa shape index (κ2) is 15.1. The number of fused-ring (bicyclic) bond motifs is 1. The third-order valence-electron chi connectivity index (χ3n) is 6.30. The first kappa shape index (κ1) is 32.2. The summed E-state index contributed by atoms with van der Waals surface area (Å²) >= 11 is 0. The van der Waals surface area contributed by atoms with Gasteiger partial charge in [-0.3, -0.25) is 28.8 Å². The Labute approximate surface area is 243 Å². The van der Waals surface area contributed by atoms with Gasteiger partial charge in [0.2, 0.25) is 23.6 Å². The Bertz CT molecular complexity index is 1460. The van der Waals surface area contributed by atoms with Gasteiger partial charge >= 0.3 is 11.9 Å². The van der Waals surface area contributed by atoms with Crippen LogP contribution >= 0.6 is 0 Å². The number of carbonyl (C=O) groups is 6. The van der Waals surface area contributed by atoms with Crippen LogP contribution < -0.4 is 27.0 Å². The number of carboxylic acid groups (broad SMARTS) is 2. The molecule has 17 nitrogen and oxygen atoms in total. The van der Waals surface area contributed by atoms with Gasteiger partial charge in [-0.2, -0.15) is 0 Å². The van der Waals surface area contributed by atoms with Gasteiger partial charge in [0.05, 0.1) is 25.4 Å². The highest BCUT2D eigenvalue weighted by atomic mass is 16.4. The number of carbonyl (C=O) groups excluding carboxylic acids is 4. The number of carboxylic acids is 2. The molecule has 2 aromatic heterocycles. The third-order valence-corrected chi connectivity index (χ3v) is 6.30. The van der Waals surface area contributed by atoms with Crippen molar-refractivity contribution in [3.63, 3.8) is 0 Å². The van der Waals surface area contributed by atoms with E-state index >= 15 is 0 Å². The highest BCUT2D eigenvalue weighted by Gasteiger charge is 2.32. The highest BCUT2D eigenvalue weighted by Crippen LogP contribution is 2.19. The molecule has 0 aliphatic carbocycles. The molecule has 0 saturated heterocycles. The average Bonchev–Trinajstić information content (AvgIpc) is 3.63. The number of imidazole rings is 1. The summed E-state index contributed by atoms with van der Waals surface area (Å²) in [6, 6.07) is 1.30. The molecule has 17 heteroatoms. The number of aliphatic hydroxyl groups is 1. The van der Waals surface area contributed by atoms with E-state index in [0.29, 0.717) is 16.6 Å². The average molecular weight is 601 g/mol. The lowest BCUT2D eigenvalue weighted by molar-refractivity contribution is -0.141. The molecule has 1 aromatic carbocycles. The second-order valence-electron chi connectivity index (χ2n) is 9.53. The Hall–Kier alpha value is -5.29. The van der Waals surface area contributed by atoms with Gasteiger partial charge in [0.25, 0.3) is 0 Å². The van der Waals surface area contributed by atoms with Gasteiger partial charge < -0.3 is 52.3 Å². The number of aliphatic carboxylic acids is 2. The molecule has 3 rings (SSSR count). The van der Waals surface area contributed by atoms with E-state index in [-0.39, 0.29) is 12.8 Å². The molecule has 0 bridgehead atoms. The summed E-state index contributed by atoms with van der Waals surface area (Å²) in [7, 11) is 0. The van der Waals surface area contributed by atoms with Crippen molar-refractivity contribution < 1.29 is 44.1 Å². The molecule has 0 fully saturated rings. The minimum absolute atomic E-state index is 0.0192. The Kier molecular flexibility index (Phi) is 11.3. The van der Waals surface area contributed by atoms with E-state index in [0.717, 1.165) is 5.52 Å². The van der Waals surface area contributed by atoms with Crippen molar-refractivity contribution in [2.24, 2.45) is 5.73 Å². The van der Waals surface area contributed by atoms with Gasteiger partial charge in [0.15, 0.2) is 0 Å². The van der Waals surface area contributed by atoms with Crippen molar-refractivity contribution in [1.29, 1.82) is 0 Å². The van der Waals surface area contributed by atoms with E-state index in [1.807, 2.05) is 5.32 Å². The van der Waals surface area contributed by atoms with Gasteiger partial charge in [-0.15, -0.1) is 0 Å². The molecule has 0 aliphatic rings. The monoisotopic (exact) mass is 600 g/mol. The minimum Gasteiger partial charge on any atom is -0.481 e. The predicted octanol–water partition coefficient (Wildman–Crippen LogP) is -2.87. The number of aromatic amines is 2. The molecular weight excluding hydrogens is 568 g/mol. The van der Waals surface area contributed by atoms with Gasteiger partial charge in [-0.25, -0.2) is 4.98 Å². The largest absolute Gasteiger partial charge is 0.481 e. The van der Waals surface area contributed by atoms with Crippen LogP contribution in [-0.2, 0) is 41.6 Å². The fourth-order valence-electron chi connectivity index (χ4n) is 4.14. The molecule has 0 unspecified atom stereocenters. The highest BCUT2D eigenvalue weighted by molar-refractivity contribution is 5.97. The van der Waals surface area contributed by atoms with Crippen LogP contribution in [0, 0.1) is 0 Å². The van der Waals surface area contributed by atoms with Crippen LogP contribution in [0.4, 0.5) is 0 Å². The van der Waals surface area contributed by atoms with Crippen LogP contribution in [0.5, 0.6) is 0 Å². The molecule has 11 N–H and O–H groups in total. The van der Waals surface area contributed by atoms with Crippen molar-refractivity contribution in [2.75, 3.05) is 13.2 Å². The lowest BCUT2D eigenvalue weighted by Gasteiger charge is -2.25. The predicted molar refractivity (Wildman–Crippen MR) is 148 cm³/mol. The molecule has 3 aromatic rings. The molecule has 43 heavy (non-hydrogen) atoms. The van der Waals surface area contributed by atoms with Gasteiger partial charge in [0, 0.05) is 41.8 Å². The summed E-state index contributed by atoms with van der Waals surface area (Å²) in [5.41, 5.74) is 7.75. The summed E-state index contributed by atoms with van der Waals surface area (Å²) in [5, 5.41) is 37.6. The van der Waals surface area contributed by atoms with E-state index in [1.165, 1.54) is 12.5 Å². The number of aliphatic hydroxyl groups excluding tert-OH is 1. The zero-order chi connectivity index (χ0) is 31.5. The molecule has 230 valence electrons. The van der Waals surface area contributed by atoms with Crippen molar-refractivity contribution in [2.45, 2.75) is 43.4 Å². The second-order valence-corrected chi connectivity index (χ2v) is 9.53. The van der Waals surface area contributed by atoms with E-state index in [9.17, 15) is 39.0 Å². The van der Waals surface area contributed by atoms with E-state index in [4.69, 9.17) is 10.8 Å². The lowest BCUT2D eigenvalue weighted by Crippen LogP contribution is -2.59. The first-order valence-electron chi connectivity index (χ1n) is 13.0. The van der Waals surface area contributed by atoms with Crippen LogP contribution in [0.3, 0.4) is 0 Å². The maximum atomic E-state index is 13.3. The van der Waals surface area contributed by atoms with Crippen molar-refractivity contribution >= 4 is 46.5 Å². The van der Waals surface area contributed by atoms with E-state index < -0.39 is 79.3 Å². The number of aromatic nitrogens is 3. The molecule has 2 heterocycles. The van der Waals surface area contributed by atoms with Crippen molar-refractivity contribution in [1.82, 2.24) is 36.2 Å². The maximum absolute atomic E-state index is 13.3. The summed E-state index contributed by atoms with van der Waals surface area (Å²) < 4.78 is 0.